The second-order valence-electron chi connectivity index (χ2n) is 15.3. The number of nitrogens with one attached hydrogen (secondary N) is 2. The maximum absolute atomic E-state index is 15.0. The van der Waals surface area contributed by atoms with Crippen molar-refractivity contribution in [3.8, 4) is 5.88 Å². The molecule has 9 rings (SSSR count). The van der Waals surface area contributed by atoms with E-state index >= 15 is 0 Å². The molecule has 10 heteroatoms. The fourth-order valence-electron chi connectivity index (χ4n) is 9.36. The Bertz CT molecular complexity index is 2290. The van der Waals surface area contributed by atoms with E-state index in [0.29, 0.717) is 33.3 Å². The van der Waals surface area contributed by atoms with Gasteiger partial charge in [0, 0.05) is 71.0 Å². The number of hydrogen-bond acceptors (Lipinski definition) is 6. The first-order valence-electron chi connectivity index (χ1n) is 19.6. The van der Waals surface area contributed by atoms with E-state index < -0.39 is 0 Å². The van der Waals surface area contributed by atoms with E-state index in [4.69, 9.17) is 32.9 Å². The average molecular weight is 774 g/mol. The Balaban J connectivity index is 1.17. The van der Waals surface area contributed by atoms with Crippen molar-refractivity contribution in [3.05, 3.63) is 129 Å². The molecule has 2 unspecified atom stereocenters. The van der Waals surface area contributed by atoms with Crippen LogP contribution in [0.3, 0.4) is 0 Å². The monoisotopic (exact) mass is 772 g/mol. The van der Waals surface area contributed by atoms with E-state index in [1.807, 2.05) is 42.5 Å². The number of halogens is 2. The fourth-order valence-corrected chi connectivity index (χ4v) is 9.71. The highest BCUT2D eigenvalue weighted by Gasteiger charge is 2.40. The Labute approximate surface area is 332 Å². The maximum atomic E-state index is 15.0. The number of carbonyl (C=O) groups excluding carboxylic acids is 1. The molecule has 3 aromatic carbocycles. The van der Waals surface area contributed by atoms with Gasteiger partial charge in [-0.05, 0) is 77.8 Å². The number of amides is 1. The number of hydrogen-bond donors (Lipinski definition) is 2. The van der Waals surface area contributed by atoms with Crippen LogP contribution in [0.1, 0.15) is 84.2 Å². The second kappa shape index (κ2) is 15.1. The highest BCUT2D eigenvalue weighted by atomic mass is 35.5. The van der Waals surface area contributed by atoms with E-state index in [9.17, 15) is 4.79 Å². The molecule has 5 heterocycles. The predicted octanol–water partition coefficient (Wildman–Crippen LogP) is 10.4. The summed E-state index contributed by atoms with van der Waals surface area (Å²) < 4.78 is 5.60. The Morgan fingerprint density at radius 2 is 1.67 bits per heavy atom. The average Bonchev–Trinajstić information content (AvgIpc) is 3.51. The molecule has 282 valence electrons. The van der Waals surface area contributed by atoms with Crippen molar-refractivity contribution < 1.29 is 9.53 Å². The molecule has 1 amide bonds. The molecule has 2 atom stereocenters. The molecule has 2 aromatic heterocycles. The van der Waals surface area contributed by atoms with Gasteiger partial charge in [-0.25, -0.2) is 0 Å². The first kappa shape index (κ1) is 35.9. The van der Waals surface area contributed by atoms with E-state index in [-0.39, 0.29) is 17.9 Å². The lowest BCUT2D eigenvalue weighted by Crippen LogP contribution is -2.51. The molecule has 8 nitrogen and oxygen atoms in total. The first-order chi connectivity index (χ1) is 26.9. The van der Waals surface area contributed by atoms with Crippen LogP contribution in [0, 0.1) is 5.92 Å². The van der Waals surface area contributed by atoms with E-state index in [0.717, 1.165) is 77.3 Å². The SMILES string of the molecule is COc1ccc(NC(=O)c2[nH]c3cc(Cl)cc4c3c2C2=C(c3ccccc3)C(C)CC=CN2C4c2ccc(Cl)cc2)c(N2CCN(C3CCCCC3)CC2)n1. The largest absolute Gasteiger partial charge is 0.481 e. The number of nitrogens with zero attached hydrogens (tertiary/aromatic N) is 4. The number of ether oxygens (including phenoxy) is 1. The summed E-state index contributed by atoms with van der Waals surface area (Å²) >= 11 is 13.3. The molecule has 0 spiro atoms. The number of methoxy groups -OCH3 is 1. The Kier molecular flexibility index (Phi) is 9.83. The van der Waals surface area contributed by atoms with Crippen LogP contribution >= 0.6 is 23.2 Å². The zero-order chi connectivity index (χ0) is 37.6. The molecule has 55 heavy (non-hydrogen) atoms. The van der Waals surface area contributed by atoms with Crippen LogP contribution in [0.2, 0.25) is 10.0 Å². The number of rotatable bonds is 7. The van der Waals surface area contributed by atoms with E-state index in [1.54, 1.807) is 7.11 Å². The maximum Gasteiger partial charge on any atom is 0.272 e. The lowest BCUT2D eigenvalue weighted by molar-refractivity contribution is 0.102. The number of anilines is 2. The van der Waals surface area contributed by atoms with Crippen LogP contribution in [0.15, 0.2) is 91.1 Å². The molecular formula is C45H46Cl2N6O2. The van der Waals surface area contributed by atoms with Gasteiger partial charge < -0.3 is 24.8 Å². The van der Waals surface area contributed by atoms with Crippen LogP contribution in [-0.4, -0.2) is 65.0 Å². The van der Waals surface area contributed by atoms with Crippen molar-refractivity contribution in [1.29, 1.82) is 0 Å². The Morgan fingerprint density at radius 1 is 0.909 bits per heavy atom. The van der Waals surface area contributed by atoms with Gasteiger partial charge in [0.05, 0.1) is 24.5 Å². The van der Waals surface area contributed by atoms with E-state index in [2.05, 4.69) is 80.6 Å². The number of benzene rings is 3. The zero-order valence-electron chi connectivity index (χ0n) is 31.3. The van der Waals surface area contributed by atoms with Crippen molar-refractivity contribution in [2.45, 2.75) is 57.5 Å². The summed E-state index contributed by atoms with van der Waals surface area (Å²) in [5, 5.41) is 5.58. The lowest BCUT2D eigenvalue weighted by Gasteiger charge is -2.41. The first-order valence-corrected chi connectivity index (χ1v) is 20.3. The molecule has 2 fully saturated rings. The number of allylic oxidation sites excluding steroid dienone is 2. The molecular weight excluding hydrogens is 727 g/mol. The van der Waals surface area contributed by atoms with Crippen LogP contribution in [0.4, 0.5) is 11.5 Å². The van der Waals surface area contributed by atoms with Crippen LogP contribution in [0.25, 0.3) is 22.2 Å². The molecule has 3 aliphatic heterocycles. The number of fused-ring (bicyclic) bond motifs is 2. The normalized spacial score (nSPS) is 20.4. The van der Waals surface area contributed by atoms with E-state index in [1.165, 1.54) is 37.7 Å². The van der Waals surface area contributed by atoms with Gasteiger partial charge in [-0.1, -0.05) is 97.9 Å². The number of piperazine rings is 1. The van der Waals surface area contributed by atoms with Gasteiger partial charge in [0.25, 0.3) is 5.91 Å². The van der Waals surface area contributed by atoms with Gasteiger partial charge in [0.2, 0.25) is 5.88 Å². The molecule has 5 aromatic rings. The highest BCUT2D eigenvalue weighted by molar-refractivity contribution is 6.32. The van der Waals surface area contributed by atoms with Crippen LogP contribution < -0.4 is 15.0 Å². The minimum absolute atomic E-state index is 0.170. The van der Waals surface area contributed by atoms with Crippen molar-refractivity contribution in [2.75, 3.05) is 43.5 Å². The summed E-state index contributed by atoms with van der Waals surface area (Å²) in [4.78, 5) is 30.7. The number of aromatic nitrogens is 2. The molecule has 1 saturated carbocycles. The Hall–Kier alpha value is -4.76. The minimum Gasteiger partial charge on any atom is -0.481 e. The summed E-state index contributed by atoms with van der Waals surface area (Å²) in [5.74, 6) is 1.17. The summed E-state index contributed by atoms with van der Waals surface area (Å²) in [7, 11) is 1.63. The molecule has 2 N–H and O–H groups in total. The molecule has 1 saturated heterocycles. The van der Waals surface area contributed by atoms with Gasteiger partial charge in [0.15, 0.2) is 5.82 Å². The van der Waals surface area contributed by atoms with Crippen LogP contribution in [-0.2, 0) is 0 Å². The summed E-state index contributed by atoms with van der Waals surface area (Å²) in [6, 6.07) is 26.8. The van der Waals surface area contributed by atoms with Crippen molar-refractivity contribution in [1.82, 2.24) is 19.8 Å². The quantitative estimate of drug-likeness (QED) is 0.172. The molecule has 4 aliphatic rings. The van der Waals surface area contributed by atoms with Gasteiger partial charge in [-0.15, -0.1) is 0 Å². The standard InChI is InChI=1S/C45H46Cl2N6O2/c1-28-10-9-21-53-42(30-15-17-31(46)18-16-30)34-26-32(47)27-36-39(34)40(43(53)38(28)29-11-5-3-6-12-29)41(48-36)45(54)49-35-19-20-37(55-2)50-44(35)52-24-22-51(23-25-52)33-13-7-4-8-14-33/h3,5-6,9,11-12,15-21,26-28,33,42,48H,4,7-8,10,13-14,22-25H2,1-2H3,(H,49,54). The summed E-state index contributed by atoms with van der Waals surface area (Å²) in [6.45, 7) is 5.87. The fraction of sp³-hybridized carbons (Fsp3) is 0.333. The van der Waals surface area contributed by atoms with Crippen molar-refractivity contribution >= 4 is 62.8 Å². The smallest absolute Gasteiger partial charge is 0.272 e. The molecule has 0 bridgehead atoms. The molecule has 1 aliphatic carbocycles. The number of aromatic amines is 1. The van der Waals surface area contributed by atoms with Crippen LogP contribution in [0.5, 0.6) is 5.88 Å². The van der Waals surface area contributed by atoms with Gasteiger partial charge in [-0.2, -0.15) is 4.98 Å². The summed E-state index contributed by atoms with van der Waals surface area (Å²) in [6.07, 6.45) is 11.8. The predicted molar refractivity (Wildman–Crippen MR) is 224 cm³/mol. The van der Waals surface area contributed by atoms with Crippen molar-refractivity contribution in [2.24, 2.45) is 5.92 Å². The second-order valence-corrected chi connectivity index (χ2v) is 16.2. The van der Waals surface area contributed by atoms with Gasteiger partial charge >= 0.3 is 0 Å². The number of carbonyl (C=O) groups is 1. The lowest BCUT2D eigenvalue weighted by atomic mass is 9.82. The number of H-pyrrole nitrogens is 1. The topological polar surface area (TPSA) is 76.7 Å². The van der Waals surface area contributed by atoms with Crippen molar-refractivity contribution in [3.63, 3.8) is 0 Å². The molecule has 0 radical (unpaired) electrons. The highest BCUT2D eigenvalue weighted by Crippen LogP contribution is 2.53. The third-order valence-corrected chi connectivity index (χ3v) is 12.4. The van der Waals surface area contributed by atoms with Gasteiger partial charge in [-0.3, -0.25) is 9.69 Å². The third-order valence-electron chi connectivity index (χ3n) is 12.0. The minimum atomic E-state index is -0.243. The van der Waals surface area contributed by atoms with Gasteiger partial charge in [0.1, 0.15) is 5.69 Å². The zero-order valence-corrected chi connectivity index (χ0v) is 32.8. The third kappa shape index (κ3) is 6.68. The number of pyridine rings is 1. The Morgan fingerprint density at radius 3 is 2.42 bits per heavy atom. The summed E-state index contributed by atoms with van der Waals surface area (Å²) in [5.41, 5.74) is 8.22.